The highest BCUT2D eigenvalue weighted by atomic mass is 35.5. The molecule has 1 saturated heterocycles. The molecule has 0 aromatic heterocycles. The number of hydrogen-bond donors (Lipinski definition) is 2. The predicted octanol–water partition coefficient (Wildman–Crippen LogP) is 4.08. The van der Waals surface area contributed by atoms with E-state index in [9.17, 15) is 0 Å². The summed E-state index contributed by atoms with van der Waals surface area (Å²) in [6.07, 6.45) is 3.65. The van der Waals surface area contributed by atoms with Crippen molar-refractivity contribution in [3.8, 4) is 0 Å². The summed E-state index contributed by atoms with van der Waals surface area (Å²) in [5.74, 6) is 1.24. The monoisotopic (exact) mass is 370 g/mol. The van der Waals surface area contributed by atoms with Crippen molar-refractivity contribution in [1.29, 1.82) is 0 Å². The van der Waals surface area contributed by atoms with Crippen molar-refractivity contribution in [1.82, 2.24) is 10.2 Å². The SMILES string of the molecule is CCN1CCC(CCN=C(N)NC(C)c2ccc(Cl)cc2Cl)CC1. The van der Waals surface area contributed by atoms with E-state index in [2.05, 4.69) is 22.1 Å². The summed E-state index contributed by atoms with van der Waals surface area (Å²) in [6.45, 7) is 8.60. The van der Waals surface area contributed by atoms with Crippen LogP contribution < -0.4 is 11.1 Å². The van der Waals surface area contributed by atoms with Crippen LogP contribution in [0.5, 0.6) is 0 Å². The highest BCUT2D eigenvalue weighted by Crippen LogP contribution is 2.26. The molecule has 0 saturated carbocycles. The molecule has 1 unspecified atom stereocenters. The molecule has 0 aliphatic carbocycles. The fourth-order valence-electron chi connectivity index (χ4n) is 3.16. The van der Waals surface area contributed by atoms with Crippen LogP contribution in [0.2, 0.25) is 10.0 Å². The quantitative estimate of drug-likeness (QED) is 0.585. The van der Waals surface area contributed by atoms with Gasteiger partial charge in [0.15, 0.2) is 5.96 Å². The first-order valence-electron chi connectivity index (χ1n) is 8.73. The van der Waals surface area contributed by atoms with Crippen LogP contribution in [-0.4, -0.2) is 37.0 Å². The molecular formula is C18H28Cl2N4. The molecule has 1 aromatic rings. The van der Waals surface area contributed by atoms with E-state index in [4.69, 9.17) is 28.9 Å². The number of aliphatic imine (C=N–C) groups is 1. The molecule has 1 fully saturated rings. The summed E-state index contributed by atoms with van der Waals surface area (Å²) < 4.78 is 0. The molecule has 6 heteroatoms. The number of benzene rings is 1. The molecule has 1 aromatic carbocycles. The van der Waals surface area contributed by atoms with Gasteiger partial charge in [-0.15, -0.1) is 0 Å². The van der Waals surface area contributed by atoms with Gasteiger partial charge in [-0.1, -0.05) is 36.2 Å². The number of rotatable bonds is 6. The van der Waals surface area contributed by atoms with Crippen molar-refractivity contribution in [2.24, 2.45) is 16.6 Å². The molecule has 0 spiro atoms. The third-order valence-corrected chi connectivity index (χ3v) is 5.33. The topological polar surface area (TPSA) is 53.6 Å². The Kier molecular flexibility index (Phi) is 7.66. The lowest BCUT2D eigenvalue weighted by Crippen LogP contribution is -2.35. The van der Waals surface area contributed by atoms with Gasteiger partial charge in [-0.2, -0.15) is 0 Å². The van der Waals surface area contributed by atoms with Gasteiger partial charge in [-0.05, 0) is 69.4 Å². The third-order valence-electron chi connectivity index (χ3n) is 4.77. The number of guanidine groups is 1. The zero-order valence-corrected chi connectivity index (χ0v) is 16.1. The van der Waals surface area contributed by atoms with Crippen LogP contribution in [0.4, 0.5) is 0 Å². The second-order valence-electron chi connectivity index (χ2n) is 6.47. The minimum Gasteiger partial charge on any atom is -0.370 e. The Bertz CT molecular complexity index is 554. The van der Waals surface area contributed by atoms with Crippen molar-refractivity contribution in [2.45, 2.75) is 39.2 Å². The first-order valence-corrected chi connectivity index (χ1v) is 9.49. The Morgan fingerprint density at radius 2 is 2.08 bits per heavy atom. The van der Waals surface area contributed by atoms with E-state index in [0.717, 1.165) is 31.0 Å². The van der Waals surface area contributed by atoms with E-state index in [-0.39, 0.29) is 6.04 Å². The average Bonchev–Trinajstić information content (AvgIpc) is 2.55. The fourth-order valence-corrected chi connectivity index (χ4v) is 3.73. The molecule has 2 rings (SSSR count). The summed E-state index contributed by atoms with van der Waals surface area (Å²) >= 11 is 12.2. The number of halogens is 2. The van der Waals surface area contributed by atoms with E-state index < -0.39 is 0 Å². The Morgan fingerprint density at radius 1 is 1.38 bits per heavy atom. The molecule has 1 aliphatic heterocycles. The van der Waals surface area contributed by atoms with Crippen molar-refractivity contribution in [3.05, 3.63) is 33.8 Å². The average molecular weight is 371 g/mol. The van der Waals surface area contributed by atoms with Crippen molar-refractivity contribution < 1.29 is 0 Å². The van der Waals surface area contributed by atoms with E-state index in [1.165, 1.54) is 25.9 Å². The number of nitrogens with one attached hydrogen (secondary N) is 1. The zero-order valence-electron chi connectivity index (χ0n) is 14.6. The van der Waals surface area contributed by atoms with Crippen LogP contribution >= 0.6 is 23.2 Å². The van der Waals surface area contributed by atoms with Gasteiger partial charge >= 0.3 is 0 Å². The molecule has 24 heavy (non-hydrogen) atoms. The van der Waals surface area contributed by atoms with Crippen molar-refractivity contribution >= 4 is 29.2 Å². The first kappa shape index (κ1) is 19.4. The second-order valence-corrected chi connectivity index (χ2v) is 7.31. The normalized spacial score (nSPS) is 18.6. The molecular weight excluding hydrogens is 343 g/mol. The number of hydrogen-bond acceptors (Lipinski definition) is 2. The van der Waals surface area contributed by atoms with Gasteiger partial charge < -0.3 is 16.0 Å². The minimum atomic E-state index is -0.00805. The number of likely N-dealkylation sites (tertiary alicyclic amines) is 1. The third kappa shape index (κ3) is 5.83. The van der Waals surface area contributed by atoms with Crippen LogP contribution in [0, 0.1) is 5.92 Å². The van der Waals surface area contributed by atoms with Crippen LogP contribution in [0.25, 0.3) is 0 Å². The summed E-state index contributed by atoms with van der Waals surface area (Å²) in [4.78, 5) is 6.98. The van der Waals surface area contributed by atoms with Gasteiger partial charge in [-0.25, -0.2) is 0 Å². The maximum absolute atomic E-state index is 6.23. The number of piperidine rings is 1. The molecule has 1 atom stereocenters. The first-order chi connectivity index (χ1) is 11.5. The summed E-state index contributed by atoms with van der Waals surface area (Å²) in [6, 6.07) is 5.48. The Morgan fingerprint density at radius 3 is 2.71 bits per heavy atom. The Balaban J connectivity index is 1.77. The van der Waals surface area contributed by atoms with Crippen LogP contribution in [0.3, 0.4) is 0 Å². The molecule has 0 radical (unpaired) electrons. The Labute approximate surface area is 155 Å². The van der Waals surface area contributed by atoms with Crippen LogP contribution in [0.1, 0.15) is 44.7 Å². The lowest BCUT2D eigenvalue weighted by atomic mass is 9.94. The smallest absolute Gasteiger partial charge is 0.189 e. The highest BCUT2D eigenvalue weighted by molar-refractivity contribution is 6.35. The van der Waals surface area contributed by atoms with E-state index in [1.54, 1.807) is 6.07 Å². The van der Waals surface area contributed by atoms with Gasteiger partial charge in [0.2, 0.25) is 0 Å². The number of nitrogens with zero attached hydrogens (tertiary/aromatic N) is 2. The van der Waals surface area contributed by atoms with Crippen molar-refractivity contribution in [3.63, 3.8) is 0 Å². The minimum absolute atomic E-state index is 0.00805. The summed E-state index contributed by atoms with van der Waals surface area (Å²) in [5.41, 5.74) is 6.98. The number of nitrogens with two attached hydrogens (primary N) is 1. The van der Waals surface area contributed by atoms with Gasteiger partial charge in [0.1, 0.15) is 0 Å². The molecule has 134 valence electrons. The van der Waals surface area contributed by atoms with E-state index in [1.807, 2.05) is 19.1 Å². The zero-order chi connectivity index (χ0) is 17.5. The Hall–Kier alpha value is -0.970. The maximum atomic E-state index is 6.23. The summed E-state index contributed by atoms with van der Waals surface area (Å²) in [7, 11) is 0. The van der Waals surface area contributed by atoms with E-state index in [0.29, 0.717) is 16.0 Å². The van der Waals surface area contributed by atoms with Gasteiger partial charge in [0, 0.05) is 16.6 Å². The lowest BCUT2D eigenvalue weighted by molar-refractivity contribution is 0.188. The fraction of sp³-hybridized carbons (Fsp3) is 0.611. The molecule has 0 amide bonds. The highest BCUT2D eigenvalue weighted by Gasteiger charge is 2.17. The van der Waals surface area contributed by atoms with Gasteiger partial charge in [0.05, 0.1) is 6.04 Å². The maximum Gasteiger partial charge on any atom is 0.189 e. The predicted molar refractivity (Wildman–Crippen MR) is 104 cm³/mol. The van der Waals surface area contributed by atoms with E-state index >= 15 is 0 Å². The second kappa shape index (κ2) is 9.50. The van der Waals surface area contributed by atoms with Crippen molar-refractivity contribution in [2.75, 3.05) is 26.2 Å². The van der Waals surface area contributed by atoms with Crippen LogP contribution in [-0.2, 0) is 0 Å². The largest absolute Gasteiger partial charge is 0.370 e. The molecule has 3 N–H and O–H groups in total. The molecule has 1 aliphatic rings. The van der Waals surface area contributed by atoms with Gasteiger partial charge in [-0.3, -0.25) is 4.99 Å². The molecule has 0 bridgehead atoms. The molecule has 1 heterocycles. The molecule has 4 nitrogen and oxygen atoms in total. The lowest BCUT2D eigenvalue weighted by Gasteiger charge is -2.30. The summed E-state index contributed by atoms with van der Waals surface area (Å²) in [5, 5.41) is 4.47. The van der Waals surface area contributed by atoms with Gasteiger partial charge in [0.25, 0.3) is 0 Å². The van der Waals surface area contributed by atoms with Crippen LogP contribution in [0.15, 0.2) is 23.2 Å². The standard InChI is InChI=1S/C18H28Cl2N4/c1-3-24-10-7-14(8-11-24)6-9-22-18(21)23-13(2)16-5-4-15(19)12-17(16)20/h4-5,12-14H,3,6-11H2,1-2H3,(H3,21,22,23).